The maximum Gasteiger partial charge on any atom is 0.119 e. The monoisotopic (exact) mass is 274 g/mol. The van der Waals surface area contributed by atoms with Crippen LogP contribution in [-0.4, -0.2) is 24.8 Å². The van der Waals surface area contributed by atoms with Crippen LogP contribution in [0.4, 0.5) is 0 Å². The van der Waals surface area contributed by atoms with Gasteiger partial charge in [-0.1, -0.05) is 13.8 Å². The average molecular weight is 274 g/mol. The molecule has 1 heterocycles. The molecule has 2 rings (SSSR count). The van der Waals surface area contributed by atoms with Crippen molar-refractivity contribution >= 4 is 10.9 Å². The van der Waals surface area contributed by atoms with Crippen LogP contribution in [0.25, 0.3) is 10.9 Å². The van der Waals surface area contributed by atoms with E-state index in [0.717, 1.165) is 31.3 Å². The second kappa shape index (κ2) is 7.34. The molecule has 0 saturated heterocycles. The number of nitrogens with zero attached hydrogens (tertiary/aromatic N) is 1. The van der Waals surface area contributed by atoms with Crippen molar-refractivity contribution in [3.63, 3.8) is 0 Å². The fourth-order valence-electron chi connectivity index (χ4n) is 2.46. The highest BCUT2D eigenvalue weighted by Crippen LogP contribution is 2.21. The zero-order chi connectivity index (χ0) is 14.4. The Labute approximate surface area is 121 Å². The number of methoxy groups -OCH3 is 1. The third-order valence-electron chi connectivity index (χ3n) is 3.64. The summed E-state index contributed by atoms with van der Waals surface area (Å²) in [4.78, 5) is 0. The number of hydrogen-bond acceptors (Lipinski definition) is 2. The average Bonchev–Trinajstić information content (AvgIpc) is 2.84. The fourth-order valence-corrected chi connectivity index (χ4v) is 2.46. The van der Waals surface area contributed by atoms with Crippen LogP contribution < -0.4 is 10.1 Å². The lowest BCUT2D eigenvalue weighted by Gasteiger charge is -2.09. The summed E-state index contributed by atoms with van der Waals surface area (Å²) >= 11 is 0. The van der Waals surface area contributed by atoms with Crippen molar-refractivity contribution in [3.05, 3.63) is 30.5 Å². The maximum atomic E-state index is 5.25. The Morgan fingerprint density at radius 2 is 2.05 bits per heavy atom. The predicted molar refractivity (Wildman–Crippen MR) is 85.4 cm³/mol. The van der Waals surface area contributed by atoms with Gasteiger partial charge in [0.25, 0.3) is 0 Å². The quantitative estimate of drug-likeness (QED) is 0.743. The third kappa shape index (κ3) is 4.01. The molecule has 0 fully saturated rings. The first-order chi connectivity index (χ1) is 9.70. The van der Waals surface area contributed by atoms with Crippen molar-refractivity contribution in [1.29, 1.82) is 0 Å². The van der Waals surface area contributed by atoms with Crippen LogP contribution in [0.1, 0.15) is 26.7 Å². The second-order valence-electron chi connectivity index (χ2n) is 5.72. The van der Waals surface area contributed by atoms with E-state index < -0.39 is 0 Å². The lowest BCUT2D eigenvalue weighted by molar-refractivity contribution is 0.415. The summed E-state index contributed by atoms with van der Waals surface area (Å²) in [7, 11) is 1.71. The van der Waals surface area contributed by atoms with Crippen molar-refractivity contribution in [1.82, 2.24) is 9.88 Å². The van der Waals surface area contributed by atoms with E-state index in [1.54, 1.807) is 7.11 Å². The minimum Gasteiger partial charge on any atom is -0.497 e. The Morgan fingerprint density at radius 1 is 1.20 bits per heavy atom. The Morgan fingerprint density at radius 3 is 2.80 bits per heavy atom. The van der Waals surface area contributed by atoms with Gasteiger partial charge < -0.3 is 14.6 Å². The molecule has 0 amide bonds. The van der Waals surface area contributed by atoms with Crippen LogP contribution in [-0.2, 0) is 6.54 Å². The Hall–Kier alpha value is -1.48. The highest BCUT2D eigenvalue weighted by Gasteiger charge is 2.02. The van der Waals surface area contributed by atoms with Gasteiger partial charge >= 0.3 is 0 Å². The third-order valence-corrected chi connectivity index (χ3v) is 3.64. The number of nitrogens with one attached hydrogen (secondary N) is 1. The molecule has 0 unspecified atom stereocenters. The van der Waals surface area contributed by atoms with Gasteiger partial charge in [0.1, 0.15) is 5.75 Å². The van der Waals surface area contributed by atoms with Crippen LogP contribution in [0.5, 0.6) is 5.75 Å². The zero-order valence-corrected chi connectivity index (χ0v) is 12.9. The number of fused-ring (bicyclic) bond motifs is 1. The van der Waals surface area contributed by atoms with Crippen molar-refractivity contribution in [2.45, 2.75) is 33.2 Å². The molecule has 0 spiro atoms. The van der Waals surface area contributed by atoms with Crippen molar-refractivity contribution < 1.29 is 4.74 Å². The SMILES string of the molecule is COc1ccc2c(ccn2CCNCCCC(C)C)c1. The van der Waals surface area contributed by atoms with Gasteiger partial charge in [0.05, 0.1) is 7.11 Å². The Kier molecular flexibility index (Phi) is 5.48. The summed E-state index contributed by atoms with van der Waals surface area (Å²) < 4.78 is 7.55. The second-order valence-corrected chi connectivity index (χ2v) is 5.72. The molecule has 0 aliphatic carbocycles. The van der Waals surface area contributed by atoms with Gasteiger partial charge in [0.15, 0.2) is 0 Å². The molecule has 110 valence electrons. The first-order valence-corrected chi connectivity index (χ1v) is 7.54. The number of hydrogen-bond donors (Lipinski definition) is 1. The standard InChI is InChI=1S/C17H26N2O/c1-14(2)5-4-9-18-10-12-19-11-8-15-13-16(20-3)6-7-17(15)19/h6-8,11,13-14,18H,4-5,9-10,12H2,1-3H3. The Balaban J connectivity index is 1.81. The van der Waals surface area contributed by atoms with Crippen LogP contribution in [0.15, 0.2) is 30.5 Å². The van der Waals surface area contributed by atoms with Gasteiger partial charge in [-0.3, -0.25) is 0 Å². The normalized spacial score (nSPS) is 11.4. The van der Waals surface area contributed by atoms with Gasteiger partial charge in [0.2, 0.25) is 0 Å². The smallest absolute Gasteiger partial charge is 0.119 e. The van der Waals surface area contributed by atoms with Gasteiger partial charge in [-0.25, -0.2) is 0 Å². The lowest BCUT2D eigenvalue weighted by Crippen LogP contribution is -2.21. The molecule has 1 N–H and O–H groups in total. The van der Waals surface area contributed by atoms with Gasteiger partial charge in [-0.15, -0.1) is 0 Å². The molecule has 1 aromatic heterocycles. The summed E-state index contributed by atoms with van der Waals surface area (Å²) in [6.07, 6.45) is 4.72. The molecule has 0 aliphatic rings. The number of aromatic nitrogens is 1. The maximum absolute atomic E-state index is 5.25. The highest BCUT2D eigenvalue weighted by molar-refractivity contribution is 5.81. The van der Waals surface area contributed by atoms with E-state index >= 15 is 0 Å². The number of rotatable bonds is 8. The van der Waals surface area contributed by atoms with E-state index in [1.807, 2.05) is 6.07 Å². The molecule has 20 heavy (non-hydrogen) atoms. The lowest BCUT2D eigenvalue weighted by atomic mass is 10.1. The van der Waals surface area contributed by atoms with E-state index in [4.69, 9.17) is 4.74 Å². The van der Waals surface area contributed by atoms with Crippen molar-refractivity contribution in [2.24, 2.45) is 5.92 Å². The molecule has 0 atom stereocenters. The first kappa shape index (κ1) is 14.9. The topological polar surface area (TPSA) is 26.2 Å². The summed E-state index contributed by atoms with van der Waals surface area (Å²) in [5.74, 6) is 1.72. The van der Waals surface area contributed by atoms with Crippen molar-refractivity contribution in [2.75, 3.05) is 20.2 Å². The predicted octanol–water partition coefficient (Wildman–Crippen LogP) is 3.68. The summed E-state index contributed by atoms with van der Waals surface area (Å²) in [6, 6.07) is 8.39. The van der Waals surface area contributed by atoms with Gasteiger partial charge in [-0.2, -0.15) is 0 Å². The molecular formula is C17H26N2O. The van der Waals surface area contributed by atoms with E-state index in [9.17, 15) is 0 Å². The molecular weight excluding hydrogens is 248 g/mol. The summed E-state index contributed by atoms with van der Waals surface area (Å²) in [5, 5.41) is 4.76. The number of ether oxygens (including phenoxy) is 1. The largest absolute Gasteiger partial charge is 0.497 e. The minimum atomic E-state index is 0.806. The van der Waals surface area contributed by atoms with Crippen LogP contribution >= 0.6 is 0 Å². The molecule has 2 aromatic rings. The molecule has 1 aromatic carbocycles. The zero-order valence-electron chi connectivity index (χ0n) is 12.9. The summed E-state index contributed by atoms with van der Waals surface area (Å²) in [6.45, 7) is 7.71. The molecule has 0 bridgehead atoms. The van der Waals surface area contributed by atoms with Crippen LogP contribution in [0.2, 0.25) is 0 Å². The Bertz CT molecular complexity index is 531. The van der Waals surface area contributed by atoms with Crippen LogP contribution in [0.3, 0.4) is 0 Å². The fraction of sp³-hybridized carbons (Fsp3) is 0.529. The molecule has 3 nitrogen and oxygen atoms in total. The molecule has 3 heteroatoms. The molecule has 0 saturated carbocycles. The van der Waals surface area contributed by atoms with E-state index in [2.05, 4.69) is 48.1 Å². The number of benzene rings is 1. The van der Waals surface area contributed by atoms with Gasteiger partial charge in [0, 0.05) is 30.2 Å². The van der Waals surface area contributed by atoms with E-state index in [1.165, 1.54) is 23.7 Å². The van der Waals surface area contributed by atoms with E-state index in [0.29, 0.717) is 0 Å². The minimum absolute atomic E-state index is 0.806. The summed E-state index contributed by atoms with van der Waals surface area (Å²) in [5.41, 5.74) is 1.27. The molecule has 0 radical (unpaired) electrons. The first-order valence-electron chi connectivity index (χ1n) is 7.54. The van der Waals surface area contributed by atoms with Crippen molar-refractivity contribution in [3.8, 4) is 5.75 Å². The van der Waals surface area contributed by atoms with Crippen LogP contribution in [0, 0.1) is 5.92 Å². The van der Waals surface area contributed by atoms with E-state index in [-0.39, 0.29) is 0 Å². The highest BCUT2D eigenvalue weighted by atomic mass is 16.5. The van der Waals surface area contributed by atoms with Gasteiger partial charge in [-0.05, 0) is 49.6 Å². The molecule has 0 aliphatic heterocycles.